The van der Waals surface area contributed by atoms with E-state index in [9.17, 15) is 19.7 Å². The Kier molecular flexibility index (Phi) is 6.59. The molecule has 0 aliphatic carbocycles. The van der Waals surface area contributed by atoms with Crippen LogP contribution >= 0.6 is 23.2 Å². The zero-order valence-corrected chi connectivity index (χ0v) is 17.5. The Balaban J connectivity index is 1.82. The molecule has 0 saturated heterocycles. The summed E-state index contributed by atoms with van der Waals surface area (Å²) >= 11 is 11.9. The summed E-state index contributed by atoms with van der Waals surface area (Å²) in [5.74, 6) is -0.826. The molecule has 10 heteroatoms. The number of hydrogen-bond acceptors (Lipinski definition) is 4. The number of hydrogen-bond donors (Lipinski definition) is 2. The number of nitro benzene ring substituents is 1. The molecule has 0 atom stereocenters. The number of nitrogens with one attached hydrogen (secondary N) is 2. The van der Waals surface area contributed by atoms with Crippen molar-refractivity contribution in [1.82, 2.24) is 9.88 Å². The van der Waals surface area contributed by atoms with Gasteiger partial charge in [-0.05, 0) is 30.7 Å². The third-order valence-corrected chi connectivity index (χ3v) is 4.97. The average molecular weight is 449 g/mol. The zero-order valence-electron chi connectivity index (χ0n) is 15.9. The Hall–Kier alpha value is -3.10. The van der Waals surface area contributed by atoms with E-state index >= 15 is 0 Å². The Morgan fingerprint density at radius 2 is 1.97 bits per heavy atom. The number of aromatic nitrogens is 1. The summed E-state index contributed by atoms with van der Waals surface area (Å²) in [6, 6.07) is 8.93. The molecule has 2 N–H and O–H groups in total. The van der Waals surface area contributed by atoms with Gasteiger partial charge in [-0.3, -0.25) is 19.7 Å². The second kappa shape index (κ2) is 9.15. The number of nitro groups is 1. The number of carbonyl (C=O) groups excluding carboxylic acids is 2. The summed E-state index contributed by atoms with van der Waals surface area (Å²) in [6.45, 7) is 2.02. The van der Waals surface area contributed by atoms with E-state index in [1.807, 2.05) is 6.92 Å². The lowest BCUT2D eigenvalue weighted by molar-refractivity contribution is -0.384. The smallest absolute Gasteiger partial charge is 0.270 e. The highest BCUT2D eigenvalue weighted by Gasteiger charge is 2.22. The number of anilines is 1. The highest BCUT2D eigenvalue weighted by Crippen LogP contribution is 2.26. The first-order valence-electron chi connectivity index (χ1n) is 9.10. The Labute approximate surface area is 181 Å². The number of nitrogens with zero attached hydrogens (tertiary/aromatic N) is 2. The van der Waals surface area contributed by atoms with E-state index in [1.165, 1.54) is 29.3 Å². The van der Waals surface area contributed by atoms with Crippen molar-refractivity contribution in [1.29, 1.82) is 0 Å². The van der Waals surface area contributed by atoms with E-state index in [-0.39, 0.29) is 22.8 Å². The number of rotatable bonds is 7. The maximum absolute atomic E-state index is 13.1. The minimum Gasteiger partial charge on any atom is -0.360 e. The van der Waals surface area contributed by atoms with Crippen molar-refractivity contribution in [2.45, 2.75) is 13.3 Å². The number of benzene rings is 2. The van der Waals surface area contributed by atoms with Gasteiger partial charge in [0.1, 0.15) is 6.54 Å². The minimum atomic E-state index is -0.520. The summed E-state index contributed by atoms with van der Waals surface area (Å²) in [6.07, 6.45) is 2.12. The van der Waals surface area contributed by atoms with Crippen LogP contribution in [0.2, 0.25) is 10.0 Å². The molecular weight excluding hydrogens is 431 g/mol. The summed E-state index contributed by atoms with van der Waals surface area (Å²) in [7, 11) is 0. The van der Waals surface area contributed by atoms with Gasteiger partial charge in [-0.1, -0.05) is 30.1 Å². The molecule has 1 heterocycles. The van der Waals surface area contributed by atoms with Gasteiger partial charge in [0.2, 0.25) is 5.91 Å². The summed E-state index contributed by atoms with van der Waals surface area (Å²) in [5.41, 5.74) is 1.13. The molecule has 8 nitrogen and oxygen atoms in total. The fraction of sp³-hybridized carbons (Fsp3) is 0.200. The lowest BCUT2D eigenvalue weighted by atomic mass is 10.1. The molecule has 0 aliphatic heterocycles. The second-order valence-corrected chi connectivity index (χ2v) is 7.43. The number of aromatic amines is 1. The maximum atomic E-state index is 13.1. The molecular formula is C20H18Cl2N4O4. The molecule has 0 saturated carbocycles. The van der Waals surface area contributed by atoms with Gasteiger partial charge in [-0.15, -0.1) is 0 Å². The maximum Gasteiger partial charge on any atom is 0.270 e. The molecule has 3 rings (SSSR count). The molecule has 0 spiro atoms. The van der Waals surface area contributed by atoms with Crippen molar-refractivity contribution < 1.29 is 14.5 Å². The zero-order chi connectivity index (χ0) is 21.8. The van der Waals surface area contributed by atoms with Crippen molar-refractivity contribution in [3.8, 4) is 0 Å². The van der Waals surface area contributed by atoms with Gasteiger partial charge >= 0.3 is 0 Å². The first-order chi connectivity index (χ1) is 14.3. The highest BCUT2D eigenvalue weighted by molar-refractivity contribution is 6.36. The van der Waals surface area contributed by atoms with Crippen LogP contribution in [0.25, 0.3) is 10.9 Å². The van der Waals surface area contributed by atoms with Crippen LogP contribution in [-0.4, -0.2) is 39.7 Å². The molecule has 0 unspecified atom stereocenters. The highest BCUT2D eigenvalue weighted by atomic mass is 35.5. The van der Waals surface area contributed by atoms with Gasteiger partial charge in [0.15, 0.2) is 0 Å². The van der Waals surface area contributed by atoms with E-state index in [0.29, 0.717) is 34.6 Å². The van der Waals surface area contributed by atoms with E-state index in [0.717, 1.165) is 0 Å². The normalized spacial score (nSPS) is 10.8. The molecule has 2 amide bonds. The number of halogens is 2. The topological polar surface area (TPSA) is 108 Å². The second-order valence-electron chi connectivity index (χ2n) is 6.59. The lowest BCUT2D eigenvalue weighted by Crippen LogP contribution is -2.38. The molecule has 30 heavy (non-hydrogen) atoms. The quantitative estimate of drug-likeness (QED) is 0.396. The fourth-order valence-corrected chi connectivity index (χ4v) is 3.50. The third-order valence-electron chi connectivity index (χ3n) is 4.43. The summed E-state index contributed by atoms with van der Waals surface area (Å²) in [5, 5.41) is 14.9. The van der Waals surface area contributed by atoms with Gasteiger partial charge in [-0.25, -0.2) is 0 Å². The van der Waals surface area contributed by atoms with Gasteiger partial charge in [-0.2, -0.15) is 0 Å². The SMILES string of the molecule is CCCN(CC(=O)Nc1ccc(Cl)cc1Cl)C(=O)c1c[nH]c2ccc([N+](=O)[O-])cc12. The van der Waals surface area contributed by atoms with Crippen LogP contribution in [-0.2, 0) is 4.79 Å². The molecule has 0 bridgehead atoms. The van der Waals surface area contributed by atoms with E-state index < -0.39 is 16.7 Å². The van der Waals surface area contributed by atoms with E-state index in [2.05, 4.69) is 10.3 Å². The molecule has 0 radical (unpaired) electrons. The summed E-state index contributed by atoms with van der Waals surface area (Å²) in [4.78, 5) is 40.5. The first-order valence-corrected chi connectivity index (χ1v) is 9.85. The van der Waals surface area contributed by atoms with Crippen molar-refractivity contribution in [3.05, 3.63) is 68.3 Å². The van der Waals surface area contributed by atoms with Crippen LogP contribution < -0.4 is 5.32 Å². The predicted octanol–water partition coefficient (Wildman–Crippen LogP) is 4.87. The number of carbonyl (C=O) groups is 2. The van der Waals surface area contributed by atoms with Crippen LogP contribution in [0, 0.1) is 10.1 Å². The van der Waals surface area contributed by atoms with Crippen molar-refractivity contribution in [3.63, 3.8) is 0 Å². The van der Waals surface area contributed by atoms with Crippen molar-refractivity contribution in [2.75, 3.05) is 18.4 Å². The van der Waals surface area contributed by atoms with Crippen LogP contribution in [0.5, 0.6) is 0 Å². The fourth-order valence-electron chi connectivity index (χ4n) is 3.05. The number of H-pyrrole nitrogens is 1. The van der Waals surface area contributed by atoms with E-state index in [4.69, 9.17) is 23.2 Å². The third kappa shape index (κ3) is 4.72. The Bertz CT molecular complexity index is 1130. The molecule has 0 aliphatic rings. The number of non-ortho nitro benzene ring substituents is 1. The van der Waals surface area contributed by atoms with Crippen LogP contribution in [0.1, 0.15) is 23.7 Å². The van der Waals surface area contributed by atoms with Gasteiger partial charge in [0.25, 0.3) is 11.6 Å². The van der Waals surface area contributed by atoms with Gasteiger partial charge in [0, 0.05) is 40.8 Å². The number of amides is 2. The summed E-state index contributed by atoms with van der Waals surface area (Å²) < 4.78 is 0. The molecule has 1 aromatic heterocycles. The molecule has 2 aromatic carbocycles. The van der Waals surface area contributed by atoms with Crippen LogP contribution in [0.15, 0.2) is 42.6 Å². The Morgan fingerprint density at radius 1 is 1.20 bits per heavy atom. The predicted molar refractivity (Wildman–Crippen MR) is 116 cm³/mol. The van der Waals surface area contributed by atoms with Crippen LogP contribution in [0.3, 0.4) is 0 Å². The van der Waals surface area contributed by atoms with Crippen LogP contribution in [0.4, 0.5) is 11.4 Å². The van der Waals surface area contributed by atoms with Gasteiger partial charge < -0.3 is 15.2 Å². The Morgan fingerprint density at radius 3 is 2.63 bits per heavy atom. The average Bonchev–Trinajstić information content (AvgIpc) is 3.12. The van der Waals surface area contributed by atoms with Crippen molar-refractivity contribution >= 4 is 57.3 Å². The molecule has 0 fully saturated rings. The van der Waals surface area contributed by atoms with Crippen molar-refractivity contribution in [2.24, 2.45) is 0 Å². The standard InChI is InChI=1S/C20H18Cl2N4O4/c1-2-7-25(11-19(27)24-18-5-3-12(21)8-16(18)22)20(28)15-10-23-17-6-4-13(26(29)30)9-14(15)17/h3-6,8-10,23H,2,7,11H2,1H3,(H,24,27). The molecule has 156 valence electrons. The number of fused-ring (bicyclic) bond motifs is 1. The largest absolute Gasteiger partial charge is 0.360 e. The lowest BCUT2D eigenvalue weighted by Gasteiger charge is -2.21. The monoisotopic (exact) mass is 448 g/mol. The minimum absolute atomic E-state index is 0.117. The molecule has 3 aromatic rings. The van der Waals surface area contributed by atoms with Gasteiger partial charge in [0.05, 0.1) is 21.2 Å². The first kappa shape index (κ1) is 21.6. The van der Waals surface area contributed by atoms with E-state index in [1.54, 1.807) is 18.2 Å².